The summed E-state index contributed by atoms with van der Waals surface area (Å²) in [4.78, 5) is 8.25. The van der Waals surface area contributed by atoms with Crippen LogP contribution in [-0.2, 0) is 0 Å². The molecule has 6 heavy (non-hydrogen) atoms. The van der Waals surface area contributed by atoms with Gasteiger partial charge in [0.05, 0.1) is 5.09 Å². The van der Waals surface area contributed by atoms with Crippen molar-refractivity contribution in [2.45, 2.75) is 0 Å². The molecular weight excluding hydrogens is 309 g/mol. The van der Waals surface area contributed by atoms with E-state index in [1.165, 1.54) is 0 Å². The van der Waals surface area contributed by atoms with E-state index in [0.29, 0.717) is 0 Å². The molecule has 0 rings (SSSR count). The summed E-state index contributed by atoms with van der Waals surface area (Å²) in [6.07, 6.45) is 0. The van der Waals surface area contributed by atoms with Crippen LogP contribution in [0.25, 0.3) is 0 Å². The van der Waals surface area contributed by atoms with Gasteiger partial charge < -0.3 is 18.2 Å². The summed E-state index contributed by atoms with van der Waals surface area (Å²) in [5, 5.41) is 14.8. The summed E-state index contributed by atoms with van der Waals surface area (Å²) in [6, 6.07) is 0. The standard InChI is InChI=1S/Ca.NO3.Pb.4H/c;2-1(3)4;;;;;/q+2;-1;;;;2*-1. The molecule has 34 valence electrons. The van der Waals surface area contributed by atoms with Crippen molar-refractivity contribution in [3.8, 4) is 0 Å². The van der Waals surface area contributed by atoms with Crippen molar-refractivity contribution in [2.75, 3.05) is 0 Å². The number of rotatable bonds is 0. The molecule has 0 aliphatic heterocycles. The molecule has 0 aliphatic carbocycles. The maximum absolute atomic E-state index is 8.25. The van der Waals surface area contributed by atoms with Crippen molar-refractivity contribution < 1.29 is 7.94 Å². The molecule has 2 radical (unpaired) electrons. The Kier molecular flexibility index (Phi) is 25.1. The molecule has 4 nitrogen and oxygen atoms in total. The molecule has 0 atom stereocenters. The van der Waals surface area contributed by atoms with Crippen molar-refractivity contribution in [3.05, 3.63) is 15.3 Å². The van der Waals surface area contributed by atoms with Gasteiger partial charge in [0.1, 0.15) is 0 Å². The number of hydrogen-bond acceptors (Lipinski definition) is 3. The average molecular weight is 313 g/mol. The van der Waals surface area contributed by atoms with Crippen molar-refractivity contribution in [1.82, 2.24) is 0 Å². The van der Waals surface area contributed by atoms with Crippen LogP contribution in [0.5, 0.6) is 0 Å². The first kappa shape index (κ1) is 15.7. The van der Waals surface area contributed by atoms with Crippen molar-refractivity contribution in [1.29, 1.82) is 0 Å². The van der Waals surface area contributed by atoms with Gasteiger partial charge in [-0.3, -0.25) is 0 Å². The van der Waals surface area contributed by atoms with Crippen molar-refractivity contribution in [3.63, 3.8) is 0 Å². The zero-order chi connectivity index (χ0) is 3.58. The van der Waals surface area contributed by atoms with Crippen LogP contribution < -0.4 is 0 Å². The number of hydrogen-bond donors (Lipinski definition) is 0. The summed E-state index contributed by atoms with van der Waals surface area (Å²) in [7, 11) is 0. The Hall–Kier alpha value is 1.38. The molecule has 0 saturated heterocycles. The first-order chi connectivity index (χ1) is 1.73. The SMILES string of the molecule is O=[N+]([O-])[O-].[Ca+2].[H-].[H-].[PbH2]. The van der Waals surface area contributed by atoms with E-state index in [4.69, 9.17) is 15.3 Å². The van der Waals surface area contributed by atoms with Gasteiger partial charge in [-0.05, 0) is 0 Å². The Morgan fingerprint density at radius 2 is 1.50 bits per heavy atom. The third kappa shape index (κ3) is 54.1. The Bertz CT molecular complexity index is 40.3. The van der Waals surface area contributed by atoms with E-state index in [9.17, 15) is 0 Å². The first-order valence-corrected chi connectivity index (χ1v) is 0.548. The third-order valence-electron chi connectivity index (χ3n) is 0. The molecular formula is H4CaNO3Pb-. The minimum absolute atomic E-state index is 0. The van der Waals surface area contributed by atoms with Crippen LogP contribution in [0.1, 0.15) is 2.85 Å². The maximum atomic E-state index is 8.25. The third-order valence-corrected chi connectivity index (χ3v) is 0. The second kappa shape index (κ2) is 9.63. The van der Waals surface area contributed by atoms with Gasteiger partial charge in [-0.2, -0.15) is 0 Å². The molecule has 0 unspecified atom stereocenters. The van der Waals surface area contributed by atoms with Crippen LogP contribution in [0.2, 0.25) is 0 Å². The van der Waals surface area contributed by atoms with Gasteiger partial charge in [0.25, 0.3) is 0 Å². The summed E-state index contributed by atoms with van der Waals surface area (Å²) >= 11 is 0. The van der Waals surface area contributed by atoms with Crippen LogP contribution in [0.4, 0.5) is 0 Å². The fourth-order valence-corrected chi connectivity index (χ4v) is 0. The zero-order valence-corrected chi connectivity index (χ0v) is 10.8. The fraction of sp³-hybridized carbons (Fsp3) is 0. The normalized spacial score (nSPS) is 4.00. The molecule has 0 aliphatic rings. The zero-order valence-electron chi connectivity index (χ0n) is 5.09. The molecule has 0 amide bonds. The van der Waals surface area contributed by atoms with E-state index in [1.807, 2.05) is 0 Å². The van der Waals surface area contributed by atoms with E-state index in [0.717, 1.165) is 0 Å². The molecule has 0 aromatic heterocycles. The molecule has 0 saturated carbocycles. The molecule has 0 bridgehead atoms. The van der Waals surface area contributed by atoms with Crippen LogP contribution in [0.15, 0.2) is 0 Å². The molecule has 6 heteroatoms. The quantitative estimate of drug-likeness (QED) is 0.317. The van der Waals surface area contributed by atoms with E-state index in [1.54, 1.807) is 0 Å². The van der Waals surface area contributed by atoms with Gasteiger partial charge in [-0.15, -0.1) is 0 Å². The van der Waals surface area contributed by atoms with Gasteiger partial charge >= 0.3 is 65.0 Å². The molecule has 0 spiro atoms. The summed E-state index contributed by atoms with van der Waals surface area (Å²) in [5.74, 6) is 0. The topological polar surface area (TPSA) is 66.2 Å². The van der Waals surface area contributed by atoms with Gasteiger partial charge in [0.15, 0.2) is 0 Å². The van der Waals surface area contributed by atoms with E-state index in [2.05, 4.69) is 0 Å². The molecule has 0 fully saturated rings. The van der Waals surface area contributed by atoms with E-state index < -0.39 is 5.09 Å². The summed E-state index contributed by atoms with van der Waals surface area (Å²) in [6.45, 7) is 0. The Morgan fingerprint density at radius 3 is 1.50 bits per heavy atom. The van der Waals surface area contributed by atoms with E-state index in [-0.39, 0.29) is 67.9 Å². The van der Waals surface area contributed by atoms with Crippen LogP contribution in [0, 0.1) is 15.3 Å². The van der Waals surface area contributed by atoms with Crippen LogP contribution in [0.3, 0.4) is 0 Å². The fourth-order valence-electron chi connectivity index (χ4n) is 0. The monoisotopic (exact) mass is 314 g/mol. The molecule has 0 heterocycles. The first-order valence-electron chi connectivity index (χ1n) is 0.548. The Morgan fingerprint density at radius 1 is 1.50 bits per heavy atom. The van der Waals surface area contributed by atoms with Crippen molar-refractivity contribution >= 4 is 65.0 Å². The molecule has 0 N–H and O–H groups in total. The van der Waals surface area contributed by atoms with E-state index >= 15 is 0 Å². The second-order valence-electron chi connectivity index (χ2n) is 0.224. The van der Waals surface area contributed by atoms with Gasteiger partial charge in [-0.1, -0.05) is 0 Å². The van der Waals surface area contributed by atoms with Gasteiger partial charge in [-0.25, -0.2) is 0 Å². The Balaban J connectivity index is -0.00000000750. The molecule has 0 aromatic rings. The summed E-state index contributed by atoms with van der Waals surface area (Å²) < 4.78 is 0. The van der Waals surface area contributed by atoms with Crippen LogP contribution in [-0.4, -0.2) is 70.1 Å². The average Bonchev–Trinajstić information content (AvgIpc) is 0.811. The predicted octanol–water partition coefficient (Wildman–Crippen LogP) is -1.31. The summed E-state index contributed by atoms with van der Waals surface area (Å²) in [5.41, 5.74) is 0. The molecule has 0 aromatic carbocycles. The minimum atomic E-state index is -1.75. The van der Waals surface area contributed by atoms with Gasteiger partial charge in [0.2, 0.25) is 0 Å². The number of nitrogens with zero attached hydrogens (tertiary/aromatic N) is 1. The van der Waals surface area contributed by atoms with Crippen molar-refractivity contribution in [2.24, 2.45) is 0 Å². The predicted molar refractivity (Wildman–Crippen MR) is 26.9 cm³/mol. The van der Waals surface area contributed by atoms with Gasteiger partial charge in [0, 0.05) is 0 Å². The Labute approximate surface area is 87.1 Å². The second-order valence-corrected chi connectivity index (χ2v) is 0.224. The van der Waals surface area contributed by atoms with Crippen LogP contribution >= 0.6 is 0 Å².